The van der Waals surface area contributed by atoms with E-state index in [9.17, 15) is 5.21 Å². The van der Waals surface area contributed by atoms with Crippen LogP contribution in [0.15, 0.2) is 39.5 Å². The van der Waals surface area contributed by atoms with Gasteiger partial charge < -0.3 is 25.8 Å². The van der Waals surface area contributed by atoms with Crippen molar-refractivity contribution in [1.82, 2.24) is 35.5 Å². The second kappa shape index (κ2) is 7.75. The van der Waals surface area contributed by atoms with Crippen LogP contribution in [0.4, 0.5) is 5.82 Å². The highest BCUT2D eigenvalue weighted by atomic mass is 127. The molecule has 1 saturated heterocycles. The second-order valence-corrected chi connectivity index (χ2v) is 10.1. The van der Waals surface area contributed by atoms with Crippen LogP contribution in [0.25, 0.3) is 16.5 Å². The molecule has 2 aromatic heterocycles. The van der Waals surface area contributed by atoms with E-state index >= 15 is 0 Å². The fourth-order valence-corrected chi connectivity index (χ4v) is 5.74. The van der Waals surface area contributed by atoms with Gasteiger partial charge in [0.25, 0.3) is 0 Å². The number of piperazine rings is 1. The van der Waals surface area contributed by atoms with Crippen LogP contribution in [0, 0.1) is 5.21 Å². The number of aromatic nitrogens is 3. The first-order valence-electron chi connectivity index (χ1n) is 11.3. The van der Waals surface area contributed by atoms with E-state index in [0.29, 0.717) is 43.7 Å². The maximum Gasteiger partial charge on any atom is 0.239 e. The van der Waals surface area contributed by atoms with Crippen molar-refractivity contribution in [3.8, 4) is 0 Å². The minimum atomic E-state index is -0.415. The van der Waals surface area contributed by atoms with Gasteiger partial charge in [0.2, 0.25) is 5.82 Å². The highest BCUT2D eigenvalue weighted by molar-refractivity contribution is 14.1. The maximum atomic E-state index is 14.1. The summed E-state index contributed by atoms with van der Waals surface area (Å²) < 4.78 is 0.696. The molecule has 3 aliphatic heterocycles. The number of hydroxylamine groups is 2. The molecular weight excluding hydrogens is 517 g/mol. The average molecular weight is 543 g/mol. The molecular formula is C23H26IN7O. The molecule has 0 aromatic carbocycles. The quantitative estimate of drug-likeness (QED) is 0.237. The first-order chi connectivity index (χ1) is 15.5. The lowest BCUT2D eigenvalue weighted by molar-refractivity contribution is 0.316. The summed E-state index contributed by atoms with van der Waals surface area (Å²) in [4.78, 5) is 14.5. The molecule has 1 aliphatic carbocycles. The normalized spacial score (nSPS) is 24.9. The Hall–Kier alpha value is -2.08. The number of hydrogen-bond acceptors (Lipinski definition) is 7. The number of quaternary nitrogens is 1. The molecule has 1 atom stereocenters. The van der Waals surface area contributed by atoms with Gasteiger partial charge in [-0.15, -0.1) is 0 Å². The Morgan fingerprint density at radius 2 is 1.97 bits per heavy atom. The number of halogens is 1. The summed E-state index contributed by atoms with van der Waals surface area (Å²) in [5.74, 6) is 1.66. The number of pyridine rings is 1. The Bertz CT molecular complexity index is 1190. The van der Waals surface area contributed by atoms with Crippen LogP contribution in [0.1, 0.15) is 43.5 Å². The Kier molecular flexibility index (Phi) is 4.97. The lowest BCUT2D eigenvalue weighted by Crippen LogP contribution is -2.56. The molecule has 2 fully saturated rings. The highest BCUT2D eigenvalue weighted by Crippen LogP contribution is 2.43. The topological polar surface area (TPSA) is 97.8 Å². The molecule has 3 N–H and O–H groups in total. The van der Waals surface area contributed by atoms with Crippen molar-refractivity contribution in [3.05, 3.63) is 56.1 Å². The summed E-state index contributed by atoms with van der Waals surface area (Å²) in [6, 6.07) is 0. The van der Waals surface area contributed by atoms with Crippen LogP contribution >= 0.6 is 22.6 Å². The predicted molar refractivity (Wildman–Crippen MR) is 135 cm³/mol. The molecule has 1 unspecified atom stereocenters. The molecule has 9 heteroatoms. The number of dihydropyridines is 1. The van der Waals surface area contributed by atoms with Crippen LogP contribution in [-0.2, 0) is 0 Å². The summed E-state index contributed by atoms with van der Waals surface area (Å²) in [7, 11) is 0. The number of fused-ring (bicyclic) bond motifs is 2. The summed E-state index contributed by atoms with van der Waals surface area (Å²) >= 11 is 2.33. The predicted octanol–water partition coefficient (Wildman–Crippen LogP) is 3.17. The first kappa shape index (κ1) is 20.5. The van der Waals surface area contributed by atoms with E-state index in [-0.39, 0.29) is 6.17 Å². The molecule has 0 amide bonds. The number of hydrogen-bond donors (Lipinski definition) is 3. The van der Waals surface area contributed by atoms with Crippen molar-refractivity contribution >= 4 is 44.9 Å². The lowest BCUT2D eigenvalue weighted by atomic mass is 9.79. The van der Waals surface area contributed by atoms with Gasteiger partial charge in [0, 0.05) is 30.4 Å². The van der Waals surface area contributed by atoms with E-state index in [0.717, 1.165) is 44.2 Å². The van der Waals surface area contributed by atoms with Crippen LogP contribution in [0.2, 0.25) is 0 Å². The lowest BCUT2D eigenvalue weighted by Gasteiger charge is -2.44. The van der Waals surface area contributed by atoms with Gasteiger partial charge in [-0.05, 0) is 71.7 Å². The van der Waals surface area contributed by atoms with E-state index < -0.39 is 4.65 Å². The second-order valence-electron chi connectivity index (χ2n) is 9.05. The molecule has 0 bridgehead atoms. The summed E-state index contributed by atoms with van der Waals surface area (Å²) in [6.45, 7) is 4.45. The summed E-state index contributed by atoms with van der Waals surface area (Å²) in [5, 5.41) is 25.2. The molecule has 6 rings (SSSR count). The Balaban J connectivity index is 1.61. The summed E-state index contributed by atoms with van der Waals surface area (Å²) in [5.41, 5.74) is 5.21. The largest absolute Gasteiger partial charge is 0.626 e. The molecule has 5 heterocycles. The molecule has 0 radical (unpaired) electrons. The van der Waals surface area contributed by atoms with Gasteiger partial charge >= 0.3 is 0 Å². The number of nitrogens with one attached hydrogen (secondary N) is 3. The van der Waals surface area contributed by atoms with Gasteiger partial charge in [0.05, 0.1) is 33.9 Å². The van der Waals surface area contributed by atoms with Gasteiger partial charge in [-0.2, -0.15) is 4.98 Å². The van der Waals surface area contributed by atoms with Crippen molar-refractivity contribution in [1.29, 1.82) is 0 Å². The van der Waals surface area contributed by atoms with Crippen LogP contribution < -0.4 is 20.6 Å². The maximum absolute atomic E-state index is 14.1. The summed E-state index contributed by atoms with van der Waals surface area (Å²) in [6.07, 6.45) is 11.2. The third-order valence-corrected chi connectivity index (χ3v) is 8.31. The minimum Gasteiger partial charge on any atom is -0.626 e. The first-order valence-corrected chi connectivity index (χ1v) is 12.4. The highest BCUT2D eigenvalue weighted by Gasteiger charge is 2.35. The van der Waals surface area contributed by atoms with Crippen molar-refractivity contribution < 1.29 is 0 Å². The Morgan fingerprint density at radius 1 is 1.16 bits per heavy atom. The standard InChI is InChI=1S/C23H26IN7O/c1-13-18-15(5-6-27-22(18)29-20(13)24)21-28-17-12-26-11-16(14-3-2-4-14)19(17)23(30-21)31(32)9-7-25-8-10-31/h5-6,11-12,14,22,25,27,29H,2-4,7-10H2,1H3. The third kappa shape index (κ3) is 3.17. The average Bonchev–Trinajstić information content (AvgIpc) is 3.06. The smallest absolute Gasteiger partial charge is 0.239 e. The molecule has 4 aliphatic rings. The zero-order valence-electron chi connectivity index (χ0n) is 18.0. The van der Waals surface area contributed by atoms with E-state index in [2.05, 4.69) is 50.4 Å². The van der Waals surface area contributed by atoms with Gasteiger partial charge in [-0.3, -0.25) is 4.98 Å². The monoisotopic (exact) mass is 543 g/mol. The van der Waals surface area contributed by atoms with E-state index in [4.69, 9.17) is 9.97 Å². The fraction of sp³-hybridized carbons (Fsp3) is 0.435. The van der Waals surface area contributed by atoms with Gasteiger partial charge in [-0.25, -0.2) is 4.98 Å². The number of rotatable bonds is 3. The molecule has 32 heavy (non-hydrogen) atoms. The molecule has 0 spiro atoms. The van der Waals surface area contributed by atoms with Crippen LogP contribution in [0.5, 0.6) is 0 Å². The van der Waals surface area contributed by atoms with Crippen LogP contribution in [-0.4, -0.2) is 47.3 Å². The number of allylic oxidation sites excluding steroid dienone is 2. The Labute approximate surface area is 200 Å². The third-order valence-electron chi connectivity index (χ3n) is 7.18. The molecule has 1 saturated carbocycles. The van der Waals surface area contributed by atoms with Crippen molar-refractivity contribution in [3.63, 3.8) is 0 Å². The zero-order valence-corrected chi connectivity index (χ0v) is 20.1. The molecule has 166 valence electrons. The van der Waals surface area contributed by atoms with Crippen molar-refractivity contribution in [2.75, 3.05) is 26.2 Å². The SMILES string of the molecule is CC1=C(I)NC2NC=CC(c3nc([N+]4([O-])CCNCC4)c4c(C5CCC5)cncc4n3)=C12. The van der Waals surface area contributed by atoms with E-state index in [1.807, 2.05) is 18.5 Å². The molecule has 2 aromatic rings. The minimum absolute atomic E-state index is 0.00124. The van der Waals surface area contributed by atoms with Crippen molar-refractivity contribution in [2.24, 2.45) is 0 Å². The zero-order chi connectivity index (χ0) is 21.9. The Morgan fingerprint density at radius 3 is 2.72 bits per heavy atom. The molecule has 8 nitrogen and oxygen atoms in total. The van der Waals surface area contributed by atoms with E-state index in [1.165, 1.54) is 12.0 Å². The van der Waals surface area contributed by atoms with Crippen LogP contribution in [0.3, 0.4) is 0 Å². The van der Waals surface area contributed by atoms with Gasteiger partial charge in [-0.1, -0.05) is 6.42 Å². The van der Waals surface area contributed by atoms with Crippen molar-refractivity contribution in [2.45, 2.75) is 38.3 Å². The van der Waals surface area contributed by atoms with Gasteiger partial charge in [0.1, 0.15) is 6.17 Å². The van der Waals surface area contributed by atoms with E-state index in [1.54, 1.807) is 6.20 Å². The van der Waals surface area contributed by atoms with Gasteiger partial charge in [0.15, 0.2) is 5.82 Å². The fourth-order valence-electron chi connectivity index (χ4n) is 5.14. The number of nitrogens with zero attached hydrogens (tertiary/aromatic N) is 4.